The Kier molecular flexibility index (Phi) is 4.91. The summed E-state index contributed by atoms with van der Waals surface area (Å²) < 4.78 is 0. The lowest BCUT2D eigenvalue weighted by Gasteiger charge is -2.35. The van der Waals surface area contributed by atoms with E-state index in [0.29, 0.717) is 12.1 Å². The van der Waals surface area contributed by atoms with E-state index in [1.54, 1.807) is 0 Å². The summed E-state index contributed by atoms with van der Waals surface area (Å²) in [7, 11) is 6.50. The minimum Gasteiger partial charge on any atom is -0.312 e. The standard InChI is InChI=1S/C15H26N4/c1-12-6-7-17-10-13(12)15(16-2)14-11-18(3)8-5-9-19(14)4/h6-7,10,14-16H,5,8-9,11H2,1-4H3. The summed E-state index contributed by atoms with van der Waals surface area (Å²) in [5, 5.41) is 3.50. The third-order valence-corrected chi connectivity index (χ3v) is 4.23. The molecule has 0 bridgehead atoms. The van der Waals surface area contributed by atoms with Gasteiger partial charge in [-0.1, -0.05) is 0 Å². The Balaban J connectivity index is 2.27. The van der Waals surface area contributed by atoms with E-state index in [1.807, 2.05) is 12.4 Å². The largest absolute Gasteiger partial charge is 0.312 e. The summed E-state index contributed by atoms with van der Waals surface area (Å²) >= 11 is 0. The second-order valence-corrected chi connectivity index (χ2v) is 5.66. The lowest BCUT2D eigenvalue weighted by Crippen LogP contribution is -2.46. The first-order valence-electron chi connectivity index (χ1n) is 7.10. The van der Waals surface area contributed by atoms with Gasteiger partial charge < -0.3 is 15.1 Å². The predicted molar refractivity (Wildman–Crippen MR) is 79.3 cm³/mol. The smallest absolute Gasteiger partial charge is 0.0506 e. The lowest BCUT2D eigenvalue weighted by atomic mass is 9.96. The number of aryl methyl sites for hydroxylation is 1. The van der Waals surface area contributed by atoms with Crippen molar-refractivity contribution in [2.24, 2.45) is 0 Å². The van der Waals surface area contributed by atoms with E-state index in [9.17, 15) is 0 Å². The molecule has 2 atom stereocenters. The first-order chi connectivity index (χ1) is 9.13. The maximum Gasteiger partial charge on any atom is 0.0506 e. The molecule has 1 aromatic heterocycles. The summed E-state index contributed by atoms with van der Waals surface area (Å²) in [5.74, 6) is 0. The van der Waals surface area contributed by atoms with Gasteiger partial charge in [0.1, 0.15) is 0 Å². The van der Waals surface area contributed by atoms with Crippen molar-refractivity contribution in [3.63, 3.8) is 0 Å². The molecule has 1 saturated heterocycles. The van der Waals surface area contributed by atoms with E-state index in [1.165, 1.54) is 24.1 Å². The summed E-state index contributed by atoms with van der Waals surface area (Å²) in [4.78, 5) is 9.22. The zero-order valence-corrected chi connectivity index (χ0v) is 12.6. The van der Waals surface area contributed by atoms with E-state index in [4.69, 9.17) is 0 Å². The molecule has 1 N–H and O–H groups in total. The van der Waals surface area contributed by atoms with Crippen LogP contribution in [-0.2, 0) is 0 Å². The van der Waals surface area contributed by atoms with Crippen LogP contribution in [0, 0.1) is 6.92 Å². The van der Waals surface area contributed by atoms with Gasteiger partial charge >= 0.3 is 0 Å². The van der Waals surface area contributed by atoms with Crippen molar-refractivity contribution < 1.29 is 0 Å². The van der Waals surface area contributed by atoms with Crippen LogP contribution in [0.5, 0.6) is 0 Å². The van der Waals surface area contributed by atoms with Crippen LogP contribution in [0.15, 0.2) is 18.5 Å². The van der Waals surface area contributed by atoms with Crippen LogP contribution in [0.25, 0.3) is 0 Å². The van der Waals surface area contributed by atoms with Crippen molar-refractivity contribution in [3.8, 4) is 0 Å². The van der Waals surface area contributed by atoms with Gasteiger partial charge in [-0.3, -0.25) is 4.98 Å². The summed E-state index contributed by atoms with van der Waals surface area (Å²) in [6.45, 7) is 5.61. The molecule has 0 aliphatic carbocycles. The lowest BCUT2D eigenvalue weighted by molar-refractivity contribution is 0.182. The van der Waals surface area contributed by atoms with Crippen LogP contribution in [0.4, 0.5) is 0 Å². The van der Waals surface area contributed by atoms with Gasteiger partial charge in [-0.2, -0.15) is 0 Å². The van der Waals surface area contributed by atoms with Gasteiger partial charge in [0, 0.05) is 25.0 Å². The molecule has 2 rings (SSSR count). The SMILES string of the molecule is CNC(c1cnccc1C)C1CN(C)CCCN1C. The third kappa shape index (κ3) is 3.32. The van der Waals surface area contributed by atoms with Gasteiger partial charge in [-0.05, 0) is 64.8 Å². The minimum atomic E-state index is 0.333. The molecule has 0 radical (unpaired) electrons. The number of nitrogens with one attached hydrogen (secondary N) is 1. The molecule has 1 fully saturated rings. The van der Waals surface area contributed by atoms with Crippen LogP contribution >= 0.6 is 0 Å². The van der Waals surface area contributed by atoms with Crippen LogP contribution in [0.2, 0.25) is 0 Å². The Bertz CT molecular complexity index is 407. The van der Waals surface area contributed by atoms with Gasteiger partial charge in [0.05, 0.1) is 6.04 Å². The summed E-state index contributed by atoms with van der Waals surface area (Å²) in [6.07, 6.45) is 5.12. The molecule has 1 aliphatic heterocycles. The Morgan fingerprint density at radius 2 is 2.16 bits per heavy atom. The average molecular weight is 262 g/mol. The molecular weight excluding hydrogens is 236 g/mol. The quantitative estimate of drug-likeness (QED) is 0.889. The van der Waals surface area contributed by atoms with Crippen molar-refractivity contribution in [1.29, 1.82) is 0 Å². The van der Waals surface area contributed by atoms with Crippen molar-refractivity contribution in [3.05, 3.63) is 29.6 Å². The van der Waals surface area contributed by atoms with Gasteiger partial charge in [0.25, 0.3) is 0 Å². The fourth-order valence-electron chi connectivity index (χ4n) is 3.02. The maximum atomic E-state index is 4.30. The number of aromatic nitrogens is 1. The number of nitrogens with zero attached hydrogens (tertiary/aromatic N) is 3. The van der Waals surface area contributed by atoms with E-state index in [-0.39, 0.29) is 0 Å². The number of hydrogen-bond acceptors (Lipinski definition) is 4. The molecule has 1 aromatic rings. The molecular formula is C15H26N4. The highest BCUT2D eigenvalue weighted by molar-refractivity contribution is 5.26. The first kappa shape index (κ1) is 14.4. The van der Waals surface area contributed by atoms with Gasteiger partial charge in [-0.15, -0.1) is 0 Å². The molecule has 19 heavy (non-hydrogen) atoms. The number of hydrogen-bond donors (Lipinski definition) is 1. The third-order valence-electron chi connectivity index (χ3n) is 4.23. The molecule has 0 spiro atoms. The first-order valence-corrected chi connectivity index (χ1v) is 7.10. The zero-order chi connectivity index (χ0) is 13.8. The number of pyridine rings is 1. The fraction of sp³-hybridized carbons (Fsp3) is 0.667. The number of likely N-dealkylation sites (N-methyl/N-ethyl adjacent to an activating group) is 3. The molecule has 1 aliphatic rings. The summed E-state index contributed by atoms with van der Waals surface area (Å²) in [6, 6.07) is 2.92. The minimum absolute atomic E-state index is 0.333. The van der Waals surface area contributed by atoms with Crippen molar-refractivity contribution in [2.75, 3.05) is 40.8 Å². The highest BCUT2D eigenvalue weighted by Gasteiger charge is 2.29. The molecule has 0 saturated carbocycles. The van der Waals surface area contributed by atoms with E-state index >= 15 is 0 Å². The van der Waals surface area contributed by atoms with Gasteiger partial charge in [-0.25, -0.2) is 0 Å². The Labute approximate surface area is 116 Å². The monoisotopic (exact) mass is 262 g/mol. The second kappa shape index (κ2) is 6.46. The van der Waals surface area contributed by atoms with Crippen molar-refractivity contribution in [2.45, 2.75) is 25.4 Å². The Hall–Kier alpha value is -0.970. The van der Waals surface area contributed by atoms with Crippen LogP contribution < -0.4 is 5.32 Å². The van der Waals surface area contributed by atoms with Crippen molar-refractivity contribution >= 4 is 0 Å². The molecule has 4 nitrogen and oxygen atoms in total. The molecule has 4 heteroatoms. The zero-order valence-electron chi connectivity index (χ0n) is 12.6. The average Bonchev–Trinajstić information content (AvgIpc) is 2.55. The van der Waals surface area contributed by atoms with Crippen molar-refractivity contribution in [1.82, 2.24) is 20.1 Å². The summed E-state index contributed by atoms with van der Waals surface area (Å²) in [5.41, 5.74) is 2.63. The molecule has 106 valence electrons. The van der Waals surface area contributed by atoms with E-state index in [0.717, 1.165) is 13.1 Å². The van der Waals surface area contributed by atoms with Crippen LogP contribution in [0.3, 0.4) is 0 Å². The number of rotatable bonds is 3. The predicted octanol–water partition coefficient (Wildman–Crippen LogP) is 1.29. The highest BCUT2D eigenvalue weighted by atomic mass is 15.2. The molecule has 0 amide bonds. The van der Waals surface area contributed by atoms with Crippen LogP contribution in [-0.4, -0.2) is 61.6 Å². The Morgan fingerprint density at radius 1 is 1.37 bits per heavy atom. The highest BCUT2D eigenvalue weighted by Crippen LogP contribution is 2.24. The van der Waals surface area contributed by atoms with E-state index in [2.05, 4.69) is 54.2 Å². The topological polar surface area (TPSA) is 31.4 Å². The van der Waals surface area contributed by atoms with Gasteiger partial charge in [0.2, 0.25) is 0 Å². The van der Waals surface area contributed by atoms with E-state index < -0.39 is 0 Å². The molecule has 2 heterocycles. The fourth-order valence-corrected chi connectivity index (χ4v) is 3.02. The maximum absolute atomic E-state index is 4.30. The second-order valence-electron chi connectivity index (χ2n) is 5.66. The normalized spacial score (nSPS) is 24.1. The Morgan fingerprint density at radius 3 is 2.84 bits per heavy atom. The van der Waals surface area contributed by atoms with Crippen LogP contribution in [0.1, 0.15) is 23.6 Å². The molecule has 2 unspecified atom stereocenters. The molecule has 0 aromatic carbocycles. The van der Waals surface area contributed by atoms with Gasteiger partial charge in [0.15, 0.2) is 0 Å².